The Morgan fingerprint density at radius 1 is 0.252 bits per heavy atom. The molecule has 4 aromatic heterocycles. The molecule has 0 saturated carbocycles. The Labute approximate surface area is 688 Å². The van der Waals surface area contributed by atoms with Gasteiger partial charge in [0.15, 0.2) is 0 Å². The first-order chi connectivity index (χ1) is 56.9. The molecule has 0 N–H and O–H groups in total. The lowest BCUT2D eigenvalue weighted by Crippen LogP contribution is -2.32. The Bertz CT molecular complexity index is 7530. The van der Waals surface area contributed by atoms with Crippen LogP contribution in [0.5, 0.6) is 0 Å². The Kier molecular flexibility index (Phi) is 15.3. The fourth-order valence-electron chi connectivity index (χ4n) is 19.6. The topological polar surface area (TPSA) is 29.5 Å². The highest BCUT2D eigenvalue weighted by Gasteiger charge is 2.53. The lowest BCUT2D eigenvalue weighted by Gasteiger charge is -2.40. The standard InChI is InChI=1S/C53H31NOS2.C29H17BrS.C25H16OS/c1-2-12-36-32(11-1)21-28-44-52(36)41-27-24-33(29-45(41)53(44)42-15-5-9-19-49(42)57-50-20-10-6-16-43(50)53)54(34-22-25-38-37-13-3-7-17-46(37)55-47(38)30-34)35-23-26-40-39-14-4-8-18-48(39)56-51(40)31-35;30-19-14-15-21-25(17-19)29(24-16-13-18-7-1-2-8-20(18)28(21)24)22-9-3-5-11-26(22)31-27-12-6-4-10-23(27)29;1-3-7-22-18(5-1)19-11-9-16(14-23(19)26-22)13-17-10-12-21-20-6-2-4-8-24(20)27-25(21)15-17/h1-31H;1-17H;1-12,14-15H,13H2. The number of thiophene rings is 2. The molecule has 6 heterocycles. The summed E-state index contributed by atoms with van der Waals surface area (Å²) in [5, 5.41) is 15.1. The maximum Gasteiger partial charge on any atom is 0.137 e. The van der Waals surface area contributed by atoms with Crippen molar-refractivity contribution >= 4 is 185 Å². The van der Waals surface area contributed by atoms with Crippen LogP contribution in [0, 0.1) is 0 Å². The second-order valence-corrected chi connectivity index (χ2v) is 35.7. The summed E-state index contributed by atoms with van der Waals surface area (Å²) in [4.78, 5) is 7.72. The van der Waals surface area contributed by atoms with Gasteiger partial charge in [-0.05, 0) is 215 Å². The van der Waals surface area contributed by atoms with Crippen molar-refractivity contribution in [3.05, 3.63) is 436 Å². The van der Waals surface area contributed by atoms with Gasteiger partial charge in [0, 0.05) is 109 Å². The van der Waals surface area contributed by atoms with Crippen molar-refractivity contribution in [3.63, 3.8) is 0 Å². The molecule has 0 radical (unpaired) electrons. The van der Waals surface area contributed by atoms with E-state index in [0.29, 0.717) is 0 Å². The summed E-state index contributed by atoms with van der Waals surface area (Å²) >= 11 is 11.3. The summed E-state index contributed by atoms with van der Waals surface area (Å²) in [7, 11) is 0. The molecule has 8 heteroatoms. The van der Waals surface area contributed by atoms with Gasteiger partial charge in [-0.1, -0.05) is 300 Å². The zero-order valence-electron chi connectivity index (χ0n) is 61.8. The minimum absolute atomic E-state index is 0.309. The van der Waals surface area contributed by atoms with E-state index in [9.17, 15) is 0 Å². The SMILES string of the molecule is Brc1ccc2c(c1)C1(c3ccccc3Sc3ccccc31)c1ccc3ccccc3c1-2.c1ccc2c(c1)Sc1ccccc1C21c2cc(N(c3ccc4c(c3)oc3ccccc34)c3ccc4c(c3)sc3ccccc34)ccc2-c2c1ccc1ccccc21.c1ccc2c(c1)oc1cc(Cc3ccc4c(c3)sc3ccccc34)ccc12. The molecule has 22 aromatic rings. The smallest absolute Gasteiger partial charge is 0.137 e. The zero-order chi connectivity index (χ0) is 75.6. The fraction of sp³-hybridized carbons (Fsp3) is 0.0280. The van der Waals surface area contributed by atoms with Crippen LogP contribution >= 0.6 is 62.1 Å². The van der Waals surface area contributed by atoms with Gasteiger partial charge in [0.1, 0.15) is 22.3 Å². The molecule has 18 aromatic carbocycles. The number of nitrogens with zero attached hydrogens (tertiary/aromatic N) is 1. The van der Waals surface area contributed by atoms with Crippen molar-refractivity contribution < 1.29 is 8.83 Å². The molecular weight excluding hydrogens is 1540 g/mol. The quantitative estimate of drug-likeness (QED) is 0.171. The third-order valence-electron chi connectivity index (χ3n) is 24.4. The molecule has 0 unspecified atom stereocenters. The molecule has 115 heavy (non-hydrogen) atoms. The predicted molar refractivity (Wildman–Crippen MR) is 489 cm³/mol. The van der Waals surface area contributed by atoms with Gasteiger partial charge >= 0.3 is 0 Å². The Morgan fingerprint density at radius 2 is 0.626 bits per heavy atom. The van der Waals surface area contributed by atoms with Gasteiger partial charge in [0.25, 0.3) is 0 Å². The van der Waals surface area contributed by atoms with Crippen LogP contribution in [0.25, 0.3) is 128 Å². The van der Waals surface area contributed by atoms with Crippen LogP contribution in [0.2, 0.25) is 0 Å². The number of fused-ring (bicyclic) bond motifs is 34. The maximum atomic E-state index is 6.52. The second-order valence-electron chi connectivity index (χ2n) is 30.5. The van der Waals surface area contributed by atoms with E-state index >= 15 is 0 Å². The minimum Gasteiger partial charge on any atom is -0.456 e. The highest BCUT2D eigenvalue weighted by Crippen LogP contribution is 2.66. The van der Waals surface area contributed by atoms with Crippen LogP contribution in [0.3, 0.4) is 0 Å². The third kappa shape index (κ3) is 10.2. The van der Waals surface area contributed by atoms with Crippen molar-refractivity contribution in [2.45, 2.75) is 36.8 Å². The van der Waals surface area contributed by atoms with Gasteiger partial charge in [0.2, 0.25) is 0 Å². The average Bonchev–Trinajstić information content (AvgIpc) is 1.50. The van der Waals surface area contributed by atoms with E-state index in [1.165, 1.54) is 170 Å². The molecule has 3 nitrogen and oxygen atoms in total. The molecule has 0 atom stereocenters. The molecule has 0 fully saturated rings. The number of rotatable bonds is 5. The van der Waals surface area contributed by atoms with Crippen LogP contribution in [-0.4, -0.2) is 0 Å². The summed E-state index contributed by atoms with van der Waals surface area (Å²) in [5.74, 6) is 0. The van der Waals surface area contributed by atoms with Crippen LogP contribution in [0.4, 0.5) is 17.1 Å². The maximum absolute atomic E-state index is 6.52. The summed E-state index contributed by atoms with van der Waals surface area (Å²) in [6.07, 6.45) is 0.914. The Balaban J connectivity index is 0.000000110. The fourth-order valence-corrected chi connectivity index (χ4v) is 24.6. The van der Waals surface area contributed by atoms with Gasteiger partial charge in [0.05, 0.1) is 10.8 Å². The van der Waals surface area contributed by atoms with Crippen molar-refractivity contribution in [1.82, 2.24) is 0 Å². The molecule has 4 aliphatic rings. The zero-order valence-corrected chi connectivity index (χ0v) is 66.6. The molecular formula is C107H64BrNO2S4. The summed E-state index contributed by atoms with van der Waals surface area (Å²) in [6, 6.07) is 138. The average molecular weight is 1600 g/mol. The largest absolute Gasteiger partial charge is 0.456 e. The molecule has 540 valence electrons. The highest BCUT2D eigenvalue weighted by molar-refractivity contribution is 9.10. The molecule has 0 bridgehead atoms. The van der Waals surface area contributed by atoms with E-state index in [1.807, 2.05) is 64.4 Å². The first kappa shape index (κ1) is 67.0. The van der Waals surface area contributed by atoms with Crippen LogP contribution in [-0.2, 0) is 17.3 Å². The van der Waals surface area contributed by atoms with Gasteiger partial charge in [-0.3, -0.25) is 0 Å². The van der Waals surface area contributed by atoms with E-state index in [-0.39, 0.29) is 5.41 Å². The number of furan rings is 2. The molecule has 2 spiro atoms. The molecule has 26 rings (SSSR count). The van der Waals surface area contributed by atoms with E-state index in [1.54, 1.807) is 0 Å². The summed E-state index contributed by atoms with van der Waals surface area (Å²) in [6.45, 7) is 0. The molecule has 2 aliphatic carbocycles. The van der Waals surface area contributed by atoms with Gasteiger partial charge in [-0.2, -0.15) is 0 Å². The third-order valence-corrected chi connectivity index (χ3v) is 29.5. The summed E-state index contributed by atoms with van der Waals surface area (Å²) in [5.41, 5.74) is 24.9. The Hall–Kier alpha value is -12.5. The number of hydrogen-bond donors (Lipinski definition) is 0. The number of hydrogen-bond acceptors (Lipinski definition) is 7. The van der Waals surface area contributed by atoms with Crippen molar-refractivity contribution in [2.24, 2.45) is 0 Å². The molecule has 0 amide bonds. The van der Waals surface area contributed by atoms with Crippen LogP contribution < -0.4 is 4.90 Å². The normalized spacial score (nSPS) is 13.5. The number of benzene rings is 18. The van der Waals surface area contributed by atoms with Gasteiger partial charge in [-0.25, -0.2) is 0 Å². The summed E-state index contributed by atoms with van der Waals surface area (Å²) < 4.78 is 19.0. The Morgan fingerprint density at radius 3 is 1.17 bits per heavy atom. The van der Waals surface area contributed by atoms with Crippen molar-refractivity contribution in [1.29, 1.82) is 0 Å². The van der Waals surface area contributed by atoms with E-state index in [0.717, 1.165) is 61.1 Å². The van der Waals surface area contributed by atoms with E-state index < -0.39 is 5.41 Å². The number of halogens is 1. The van der Waals surface area contributed by atoms with Crippen LogP contribution in [0.15, 0.2) is 409 Å². The molecule has 2 aliphatic heterocycles. The first-order valence-corrected chi connectivity index (χ1v) is 43.1. The van der Waals surface area contributed by atoms with Gasteiger partial charge in [-0.15, -0.1) is 22.7 Å². The minimum atomic E-state index is -0.507. The lowest BCUT2D eigenvalue weighted by molar-refractivity contribution is 0.668. The predicted octanol–water partition coefficient (Wildman–Crippen LogP) is 31.4. The van der Waals surface area contributed by atoms with Crippen LogP contribution in [0.1, 0.15) is 55.6 Å². The van der Waals surface area contributed by atoms with E-state index in [4.69, 9.17) is 8.83 Å². The number of para-hydroxylation sites is 2. The molecule has 0 saturated heterocycles. The second kappa shape index (κ2) is 26.3. The van der Waals surface area contributed by atoms with Gasteiger partial charge < -0.3 is 13.7 Å². The first-order valence-electron chi connectivity index (χ1n) is 39.0. The van der Waals surface area contributed by atoms with E-state index in [2.05, 4.69) is 379 Å². The van der Waals surface area contributed by atoms with Crippen molar-refractivity contribution in [2.75, 3.05) is 4.90 Å². The number of anilines is 3. The highest BCUT2D eigenvalue weighted by atomic mass is 79.9. The lowest BCUT2D eigenvalue weighted by atomic mass is 9.67. The van der Waals surface area contributed by atoms with Crippen molar-refractivity contribution in [3.8, 4) is 22.3 Å². The monoisotopic (exact) mass is 1600 g/mol.